The average Bonchev–Trinajstić information content (AvgIpc) is 2.94. The summed E-state index contributed by atoms with van der Waals surface area (Å²) in [6, 6.07) is 8.54. The summed E-state index contributed by atoms with van der Waals surface area (Å²) in [6.07, 6.45) is 1.71. The van der Waals surface area contributed by atoms with Gasteiger partial charge < -0.3 is 4.90 Å². The number of hydrogen-bond acceptors (Lipinski definition) is 3. The van der Waals surface area contributed by atoms with E-state index >= 15 is 0 Å². The molecule has 1 aromatic carbocycles. The lowest BCUT2D eigenvalue weighted by Crippen LogP contribution is -2.35. The number of likely N-dealkylation sites (tertiary alicyclic amines) is 1. The van der Waals surface area contributed by atoms with Crippen molar-refractivity contribution in [2.45, 2.75) is 64.3 Å². The number of carbonyl (C=O) groups is 3. The second-order valence-corrected chi connectivity index (χ2v) is 7.89. The minimum Gasteiger partial charge on any atom is -0.339 e. The van der Waals surface area contributed by atoms with E-state index < -0.39 is 0 Å². The second kappa shape index (κ2) is 7.81. The fourth-order valence-corrected chi connectivity index (χ4v) is 3.27. The summed E-state index contributed by atoms with van der Waals surface area (Å²) in [4.78, 5) is 35.9. The molecule has 2 rings (SSSR count). The Morgan fingerprint density at radius 2 is 1.96 bits per heavy atom. The van der Waals surface area contributed by atoms with E-state index in [1.807, 2.05) is 11.8 Å². The van der Waals surface area contributed by atoms with Crippen LogP contribution in [0.5, 0.6) is 0 Å². The van der Waals surface area contributed by atoms with E-state index in [4.69, 9.17) is 0 Å². The average molecular weight is 344 g/mol. The molecule has 5 heteroatoms. The van der Waals surface area contributed by atoms with Gasteiger partial charge in [0.2, 0.25) is 18.2 Å². The number of amides is 3. The van der Waals surface area contributed by atoms with Crippen molar-refractivity contribution < 1.29 is 14.4 Å². The summed E-state index contributed by atoms with van der Waals surface area (Å²) in [5, 5.41) is 2.13. The van der Waals surface area contributed by atoms with Crippen LogP contribution in [0.1, 0.15) is 64.0 Å². The molecule has 1 aliphatic heterocycles. The van der Waals surface area contributed by atoms with Crippen LogP contribution in [0.2, 0.25) is 0 Å². The van der Waals surface area contributed by atoms with Gasteiger partial charge >= 0.3 is 0 Å². The number of nitrogens with zero attached hydrogens (tertiary/aromatic N) is 1. The van der Waals surface area contributed by atoms with Gasteiger partial charge in [0, 0.05) is 31.3 Å². The first kappa shape index (κ1) is 19.2. The molecule has 1 aromatic rings. The van der Waals surface area contributed by atoms with Crippen molar-refractivity contribution >= 4 is 18.2 Å². The van der Waals surface area contributed by atoms with Gasteiger partial charge in [0.15, 0.2) is 0 Å². The summed E-state index contributed by atoms with van der Waals surface area (Å²) in [5.41, 5.74) is 2.59. The van der Waals surface area contributed by atoms with Gasteiger partial charge in [-0.05, 0) is 29.9 Å². The second-order valence-electron chi connectivity index (χ2n) is 7.89. The number of carbonyl (C=O) groups excluding carboxylic acids is 3. The molecule has 136 valence electrons. The summed E-state index contributed by atoms with van der Waals surface area (Å²) in [5.74, 6) is 0.0313. The number of rotatable bonds is 6. The van der Waals surface area contributed by atoms with Crippen LogP contribution in [-0.4, -0.2) is 35.7 Å². The fourth-order valence-electron chi connectivity index (χ4n) is 3.27. The van der Waals surface area contributed by atoms with E-state index in [2.05, 4.69) is 50.4 Å². The molecule has 2 unspecified atom stereocenters. The van der Waals surface area contributed by atoms with Crippen LogP contribution in [-0.2, 0) is 19.8 Å². The Hall–Kier alpha value is -2.17. The lowest BCUT2D eigenvalue weighted by Gasteiger charge is -2.25. The molecule has 5 nitrogen and oxygen atoms in total. The first-order chi connectivity index (χ1) is 11.7. The molecule has 0 aliphatic carbocycles. The Balaban J connectivity index is 1.97. The zero-order chi connectivity index (χ0) is 18.6. The molecule has 3 amide bonds. The standard InChI is InChI=1S/C20H28N2O3/c1-14(5-10-18(24)21-13-23)22-12-16(11-19(22)25)15-6-8-17(9-7-15)20(2,3)4/h6-9,13-14,16H,5,10-12H2,1-4H3,(H,21,23,24). The molecule has 25 heavy (non-hydrogen) atoms. The quantitative estimate of drug-likeness (QED) is 0.807. The maximum atomic E-state index is 12.4. The van der Waals surface area contributed by atoms with E-state index in [-0.39, 0.29) is 35.6 Å². The molecule has 0 bridgehead atoms. The van der Waals surface area contributed by atoms with Crippen molar-refractivity contribution in [2.24, 2.45) is 0 Å². The minimum atomic E-state index is -0.303. The first-order valence-corrected chi connectivity index (χ1v) is 8.85. The number of imide groups is 1. The third-order valence-corrected chi connectivity index (χ3v) is 4.95. The van der Waals surface area contributed by atoms with Gasteiger partial charge in [-0.15, -0.1) is 0 Å². The van der Waals surface area contributed by atoms with Gasteiger partial charge in [-0.1, -0.05) is 45.0 Å². The number of hydrogen-bond donors (Lipinski definition) is 1. The number of nitrogens with one attached hydrogen (secondary N) is 1. The summed E-state index contributed by atoms with van der Waals surface area (Å²) >= 11 is 0. The van der Waals surface area contributed by atoms with Gasteiger partial charge in [-0.3, -0.25) is 19.7 Å². The lowest BCUT2D eigenvalue weighted by molar-refractivity contribution is -0.131. The van der Waals surface area contributed by atoms with Crippen molar-refractivity contribution in [1.82, 2.24) is 10.2 Å². The number of benzene rings is 1. The Kier molecular flexibility index (Phi) is 5.98. The minimum absolute atomic E-state index is 0.0104. The van der Waals surface area contributed by atoms with Gasteiger partial charge in [-0.2, -0.15) is 0 Å². The van der Waals surface area contributed by atoms with Gasteiger partial charge in [0.25, 0.3) is 0 Å². The van der Waals surface area contributed by atoms with Crippen molar-refractivity contribution in [2.75, 3.05) is 6.54 Å². The van der Waals surface area contributed by atoms with E-state index in [0.717, 1.165) is 0 Å². The van der Waals surface area contributed by atoms with E-state index in [1.165, 1.54) is 11.1 Å². The Morgan fingerprint density at radius 3 is 2.52 bits per heavy atom. The maximum absolute atomic E-state index is 12.4. The molecule has 2 atom stereocenters. The third-order valence-electron chi connectivity index (χ3n) is 4.95. The molecule has 1 aliphatic rings. The Morgan fingerprint density at radius 1 is 1.32 bits per heavy atom. The largest absolute Gasteiger partial charge is 0.339 e. The van der Waals surface area contributed by atoms with Crippen LogP contribution < -0.4 is 5.32 Å². The topological polar surface area (TPSA) is 66.5 Å². The lowest BCUT2D eigenvalue weighted by atomic mass is 9.85. The molecule has 1 N–H and O–H groups in total. The summed E-state index contributed by atoms with van der Waals surface area (Å²) < 4.78 is 0. The molecule has 1 fully saturated rings. The third kappa shape index (κ3) is 4.91. The molecule has 0 spiro atoms. The van der Waals surface area contributed by atoms with Crippen molar-refractivity contribution in [1.29, 1.82) is 0 Å². The maximum Gasteiger partial charge on any atom is 0.226 e. The molecule has 0 aromatic heterocycles. The van der Waals surface area contributed by atoms with E-state index in [0.29, 0.717) is 25.8 Å². The predicted octanol–water partition coefficient (Wildman–Crippen LogP) is 2.74. The van der Waals surface area contributed by atoms with Gasteiger partial charge in [0.05, 0.1) is 0 Å². The zero-order valence-corrected chi connectivity index (χ0v) is 15.5. The van der Waals surface area contributed by atoms with Gasteiger partial charge in [0.1, 0.15) is 0 Å². The highest BCUT2D eigenvalue weighted by atomic mass is 16.2. The Labute approximate surface area is 149 Å². The summed E-state index contributed by atoms with van der Waals surface area (Å²) in [6.45, 7) is 9.20. The molecule has 1 saturated heterocycles. The highest BCUT2D eigenvalue weighted by Crippen LogP contribution is 2.32. The molecule has 1 heterocycles. The van der Waals surface area contributed by atoms with Crippen LogP contribution in [0.3, 0.4) is 0 Å². The Bertz CT molecular complexity index is 631. The monoisotopic (exact) mass is 344 g/mol. The van der Waals surface area contributed by atoms with E-state index in [9.17, 15) is 14.4 Å². The zero-order valence-electron chi connectivity index (χ0n) is 15.5. The van der Waals surface area contributed by atoms with Crippen molar-refractivity contribution in [3.05, 3.63) is 35.4 Å². The predicted molar refractivity (Wildman–Crippen MR) is 97.1 cm³/mol. The van der Waals surface area contributed by atoms with Crippen LogP contribution in [0.25, 0.3) is 0 Å². The van der Waals surface area contributed by atoms with Gasteiger partial charge in [-0.25, -0.2) is 0 Å². The van der Waals surface area contributed by atoms with Crippen LogP contribution in [0.15, 0.2) is 24.3 Å². The SMILES string of the molecule is CC(CCC(=O)NC=O)N1CC(c2ccc(C(C)(C)C)cc2)CC1=O. The van der Waals surface area contributed by atoms with Crippen LogP contribution in [0, 0.1) is 0 Å². The highest BCUT2D eigenvalue weighted by molar-refractivity contribution is 5.85. The van der Waals surface area contributed by atoms with Crippen molar-refractivity contribution in [3.63, 3.8) is 0 Å². The van der Waals surface area contributed by atoms with E-state index in [1.54, 1.807) is 0 Å². The fraction of sp³-hybridized carbons (Fsp3) is 0.550. The first-order valence-electron chi connectivity index (χ1n) is 8.85. The summed E-state index contributed by atoms with van der Waals surface area (Å²) in [7, 11) is 0. The molecule has 0 radical (unpaired) electrons. The highest BCUT2D eigenvalue weighted by Gasteiger charge is 2.33. The smallest absolute Gasteiger partial charge is 0.226 e. The van der Waals surface area contributed by atoms with Crippen LogP contribution >= 0.6 is 0 Å². The normalized spacial score (nSPS) is 19.0. The molecular weight excluding hydrogens is 316 g/mol. The van der Waals surface area contributed by atoms with Crippen molar-refractivity contribution in [3.8, 4) is 0 Å². The van der Waals surface area contributed by atoms with Crippen LogP contribution in [0.4, 0.5) is 0 Å². The molecule has 0 saturated carbocycles. The molecular formula is C20H28N2O3.